The zero-order chi connectivity index (χ0) is 14.4. The SMILES string of the molecule is N#[N+]c1cc(N=[N+]=[N-])ccc1-c1ccc(N=[N+]=[N-])cc1. The molecular weight excluding hydrogens is 256 g/mol. The van der Waals surface area contributed by atoms with E-state index < -0.39 is 0 Å². The van der Waals surface area contributed by atoms with Crippen molar-refractivity contribution in [3.63, 3.8) is 0 Å². The Morgan fingerprint density at radius 1 is 0.850 bits per heavy atom. The van der Waals surface area contributed by atoms with Crippen molar-refractivity contribution in [1.29, 1.82) is 5.39 Å². The lowest BCUT2D eigenvalue weighted by Gasteiger charge is -2.00. The molecule has 0 heterocycles. The second-order valence-electron chi connectivity index (χ2n) is 3.73. The van der Waals surface area contributed by atoms with Gasteiger partial charge in [-0.3, -0.25) is 0 Å². The lowest BCUT2D eigenvalue weighted by atomic mass is 10.0. The van der Waals surface area contributed by atoms with E-state index in [1.807, 2.05) is 0 Å². The molecule has 0 saturated carbocycles. The van der Waals surface area contributed by atoms with Gasteiger partial charge in [0.05, 0.1) is 5.56 Å². The van der Waals surface area contributed by atoms with Gasteiger partial charge in [-0.1, -0.05) is 40.6 Å². The lowest BCUT2D eigenvalue weighted by molar-refractivity contribution is 1.43. The molecule has 0 saturated heterocycles. The molecule has 0 fully saturated rings. The van der Waals surface area contributed by atoms with Gasteiger partial charge in [0, 0.05) is 27.3 Å². The summed E-state index contributed by atoms with van der Waals surface area (Å²) in [4.78, 5) is 8.55. The molecule has 94 valence electrons. The highest BCUT2D eigenvalue weighted by Crippen LogP contribution is 2.34. The third-order valence-electron chi connectivity index (χ3n) is 2.59. The maximum absolute atomic E-state index is 9.03. The average molecular weight is 263 g/mol. The zero-order valence-corrected chi connectivity index (χ0v) is 10.1. The van der Waals surface area contributed by atoms with E-state index in [4.69, 9.17) is 16.5 Å². The Kier molecular flexibility index (Phi) is 3.80. The highest BCUT2D eigenvalue weighted by molar-refractivity contribution is 5.81. The first-order chi connectivity index (χ1) is 9.78. The minimum atomic E-state index is 0.284. The highest BCUT2D eigenvalue weighted by atomic mass is 15.1. The summed E-state index contributed by atoms with van der Waals surface area (Å²) in [6.07, 6.45) is 0. The molecule has 0 bridgehead atoms. The quantitative estimate of drug-likeness (QED) is 0.298. The summed E-state index contributed by atoms with van der Waals surface area (Å²) in [7, 11) is 0. The topological polar surface area (TPSA) is 126 Å². The molecule has 0 spiro atoms. The Labute approximate surface area is 113 Å². The molecule has 0 unspecified atom stereocenters. The van der Waals surface area contributed by atoms with Gasteiger partial charge in [0.2, 0.25) is 5.39 Å². The number of diazo groups is 1. The van der Waals surface area contributed by atoms with Crippen LogP contribution in [0.4, 0.5) is 17.1 Å². The van der Waals surface area contributed by atoms with Gasteiger partial charge in [0.1, 0.15) is 0 Å². The van der Waals surface area contributed by atoms with Crippen LogP contribution in [0.5, 0.6) is 0 Å². The van der Waals surface area contributed by atoms with E-state index in [1.54, 1.807) is 36.4 Å². The Balaban J connectivity index is 2.49. The van der Waals surface area contributed by atoms with Gasteiger partial charge < -0.3 is 0 Å². The van der Waals surface area contributed by atoms with Gasteiger partial charge in [-0.15, -0.1) is 0 Å². The van der Waals surface area contributed by atoms with Gasteiger partial charge in [0.15, 0.2) is 4.98 Å². The maximum Gasteiger partial charge on any atom is 0.393 e. The van der Waals surface area contributed by atoms with Gasteiger partial charge in [0.25, 0.3) is 0 Å². The van der Waals surface area contributed by atoms with Crippen LogP contribution in [0.25, 0.3) is 37.0 Å². The van der Waals surface area contributed by atoms with Crippen molar-refractivity contribution >= 4 is 17.1 Å². The Morgan fingerprint density at radius 3 is 2.05 bits per heavy atom. The average Bonchev–Trinajstić information content (AvgIpc) is 2.49. The normalized spacial score (nSPS) is 8.95. The molecule has 0 radical (unpaired) electrons. The van der Waals surface area contributed by atoms with Crippen molar-refractivity contribution in [1.82, 2.24) is 0 Å². The van der Waals surface area contributed by atoms with Crippen LogP contribution in [0.3, 0.4) is 0 Å². The second-order valence-corrected chi connectivity index (χ2v) is 3.73. The van der Waals surface area contributed by atoms with E-state index >= 15 is 0 Å². The first-order valence-electron chi connectivity index (χ1n) is 5.48. The van der Waals surface area contributed by atoms with Crippen LogP contribution in [0.1, 0.15) is 0 Å². The Bertz CT molecular complexity index is 774. The molecule has 8 heteroatoms. The molecule has 2 aromatic carbocycles. The summed E-state index contributed by atoms with van der Waals surface area (Å²) >= 11 is 0. The molecule has 0 aliphatic rings. The molecule has 2 rings (SSSR count). The summed E-state index contributed by atoms with van der Waals surface area (Å²) in [6, 6.07) is 11.5. The van der Waals surface area contributed by atoms with Crippen LogP contribution in [0, 0.1) is 5.39 Å². The molecule has 0 atom stereocenters. The van der Waals surface area contributed by atoms with E-state index in [0.29, 0.717) is 16.9 Å². The number of nitrogens with zero attached hydrogens (tertiary/aromatic N) is 8. The van der Waals surface area contributed by atoms with E-state index in [2.05, 4.69) is 25.0 Å². The van der Waals surface area contributed by atoms with E-state index in [-0.39, 0.29) is 5.69 Å². The van der Waals surface area contributed by atoms with Gasteiger partial charge >= 0.3 is 5.69 Å². The molecule has 0 aromatic heterocycles. The number of azide groups is 2. The first-order valence-corrected chi connectivity index (χ1v) is 5.48. The predicted octanol–water partition coefficient (Wildman–Crippen LogP) is 5.72. The molecule has 20 heavy (non-hydrogen) atoms. The zero-order valence-electron chi connectivity index (χ0n) is 10.1. The molecule has 0 amide bonds. The molecule has 8 nitrogen and oxygen atoms in total. The summed E-state index contributed by atoms with van der Waals surface area (Å²) in [5.41, 5.74) is 19.3. The standard InChI is InChI=1S/C12H7N8/c13-16-12-7-10(18-20-15)5-6-11(12)8-1-3-9(4-2-8)17-19-14/h1-7H/q+1. The maximum atomic E-state index is 9.03. The summed E-state index contributed by atoms with van der Waals surface area (Å²) in [6.45, 7) is 0. The van der Waals surface area contributed by atoms with Gasteiger partial charge in [-0.2, -0.15) is 0 Å². The molecule has 0 aliphatic heterocycles. The van der Waals surface area contributed by atoms with E-state index in [1.165, 1.54) is 6.07 Å². The fourth-order valence-electron chi connectivity index (χ4n) is 1.72. The van der Waals surface area contributed by atoms with Crippen molar-refractivity contribution < 1.29 is 0 Å². The highest BCUT2D eigenvalue weighted by Gasteiger charge is 2.15. The van der Waals surface area contributed by atoms with Crippen LogP contribution in [-0.4, -0.2) is 0 Å². The third kappa shape index (κ3) is 2.66. The Morgan fingerprint density at radius 2 is 1.45 bits per heavy atom. The van der Waals surface area contributed by atoms with Crippen LogP contribution in [0.2, 0.25) is 0 Å². The van der Waals surface area contributed by atoms with Crippen molar-refractivity contribution in [3.8, 4) is 11.1 Å². The first kappa shape index (κ1) is 12.9. The van der Waals surface area contributed by atoms with Gasteiger partial charge in [-0.25, -0.2) is 0 Å². The molecule has 0 aliphatic carbocycles. The fraction of sp³-hybridized carbons (Fsp3) is 0. The minimum Gasteiger partial charge on any atom is -0.0608 e. The minimum absolute atomic E-state index is 0.284. The smallest absolute Gasteiger partial charge is 0.0608 e. The van der Waals surface area contributed by atoms with E-state index in [0.717, 1.165) is 5.56 Å². The monoisotopic (exact) mass is 263 g/mol. The van der Waals surface area contributed by atoms with Crippen molar-refractivity contribution in [2.24, 2.45) is 10.2 Å². The number of rotatable bonds is 3. The van der Waals surface area contributed by atoms with Crippen LogP contribution >= 0.6 is 0 Å². The largest absolute Gasteiger partial charge is 0.393 e. The van der Waals surface area contributed by atoms with Gasteiger partial charge in [-0.05, 0) is 22.7 Å². The van der Waals surface area contributed by atoms with Crippen LogP contribution < -0.4 is 0 Å². The molecule has 2 aromatic rings. The summed E-state index contributed by atoms with van der Waals surface area (Å²) < 4.78 is 0. The molecule has 0 N–H and O–H groups in total. The van der Waals surface area contributed by atoms with Crippen molar-refractivity contribution in [2.45, 2.75) is 0 Å². The van der Waals surface area contributed by atoms with E-state index in [9.17, 15) is 0 Å². The second kappa shape index (κ2) is 5.89. The number of benzene rings is 2. The summed E-state index contributed by atoms with van der Waals surface area (Å²) in [5, 5.41) is 16.0. The number of hydrogen-bond donors (Lipinski definition) is 0. The van der Waals surface area contributed by atoms with Crippen molar-refractivity contribution in [2.75, 3.05) is 0 Å². The third-order valence-corrected chi connectivity index (χ3v) is 2.59. The van der Waals surface area contributed by atoms with Crippen LogP contribution in [-0.2, 0) is 0 Å². The number of hydrogen-bond acceptors (Lipinski definition) is 3. The lowest BCUT2D eigenvalue weighted by Crippen LogP contribution is -1.77. The van der Waals surface area contributed by atoms with Crippen LogP contribution in [0.15, 0.2) is 52.7 Å². The summed E-state index contributed by atoms with van der Waals surface area (Å²) in [5.74, 6) is 0. The molecular formula is C12H7N8+. The van der Waals surface area contributed by atoms with Crippen molar-refractivity contribution in [3.05, 3.63) is 68.3 Å². The Hall–Kier alpha value is -3.52. The predicted molar refractivity (Wildman–Crippen MR) is 74.2 cm³/mol. The fourth-order valence-corrected chi connectivity index (χ4v) is 1.72.